The third-order valence-corrected chi connectivity index (χ3v) is 6.21. The Morgan fingerprint density at radius 2 is 1.65 bits per heavy atom. The van der Waals surface area contributed by atoms with Gasteiger partial charge < -0.3 is 24.0 Å². The molecule has 0 saturated carbocycles. The number of ether oxygens (including phenoxy) is 1. The molecule has 1 atom stereocenters. The third kappa shape index (κ3) is 4.04. The van der Waals surface area contributed by atoms with Gasteiger partial charge in [-0.3, -0.25) is 4.79 Å². The zero-order chi connectivity index (χ0) is 25.5. The van der Waals surface area contributed by atoms with Crippen LogP contribution in [0, 0.1) is 0 Å². The zero-order valence-corrected chi connectivity index (χ0v) is 19.3. The van der Waals surface area contributed by atoms with Gasteiger partial charge in [0.1, 0.15) is 17.1 Å². The smallest absolute Gasteiger partial charge is 0.339 e. The molecule has 0 aliphatic carbocycles. The number of amides is 1. The highest BCUT2D eigenvalue weighted by Crippen LogP contribution is 2.41. The van der Waals surface area contributed by atoms with E-state index >= 15 is 0 Å². The lowest BCUT2D eigenvalue weighted by Gasteiger charge is -2.28. The monoisotopic (exact) mass is 493 g/mol. The van der Waals surface area contributed by atoms with E-state index in [4.69, 9.17) is 13.6 Å². The number of carbonyl (C=O) groups is 1. The van der Waals surface area contributed by atoms with E-state index in [2.05, 4.69) is 5.32 Å². The number of phenolic OH excluding ortho intramolecular Hbond substituents is 1. The van der Waals surface area contributed by atoms with Gasteiger partial charge in [-0.1, -0.05) is 36.4 Å². The first-order valence-electron chi connectivity index (χ1n) is 11.5. The molecule has 2 aromatic heterocycles. The summed E-state index contributed by atoms with van der Waals surface area (Å²) in [6.07, 6.45) is -0.956. The summed E-state index contributed by atoms with van der Waals surface area (Å²) < 4.78 is 17.1. The normalized spacial score (nSPS) is 13.9. The number of aromatic hydroxyl groups is 1. The molecule has 6 rings (SSSR count). The predicted molar refractivity (Wildman–Crippen MR) is 135 cm³/mol. The minimum absolute atomic E-state index is 0.0176. The van der Waals surface area contributed by atoms with Crippen molar-refractivity contribution >= 4 is 16.9 Å². The van der Waals surface area contributed by atoms with Crippen LogP contribution in [0.4, 0.5) is 0 Å². The maximum atomic E-state index is 13.1. The Morgan fingerprint density at radius 3 is 2.49 bits per heavy atom. The lowest BCUT2D eigenvalue weighted by molar-refractivity contribution is 0.0819. The molecule has 8 nitrogen and oxygen atoms in total. The van der Waals surface area contributed by atoms with E-state index in [1.165, 1.54) is 12.1 Å². The number of phenols is 1. The molecule has 0 saturated heterocycles. The van der Waals surface area contributed by atoms with E-state index in [0.717, 1.165) is 0 Å². The Bertz CT molecular complexity index is 1790. The van der Waals surface area contributed by atoms with Crippen LogP contribution in [0.5, 0.6) is 11.5 Å². The van der Waals surface area contributed by atoms with Crippen LogP contribution in [0.25, 0.3) is 22.3 Å². The topological polar surface area (TPSA) is 119 Å². The Labute approximate surface area is 209 Å². The van der Waals surface area contributed by atoms with Crippen molar-refractivity contribution in [2.45, 2.75) is 12.6 Å². The molecule has 0 fully saturated rings. The van der Waals surface area contributed by atoms with Crippen LogP contribution in [0.2, 0.25) is 0 Å². The van der Waals surface area contributed by atoms with Crippen molar-refractivity contribution in [3.63, 3.8) is 0 Å². The lowest BCUT2D eigenvalue weighted by Crippen LogP contribution is -2.34. The highest BCUT2D eigenvalue weighted by atomic mass is 16.5. The number of carbonyl (C=O) groups excluding carboxylic acids is 1. The van der Waals surface area contributed by atoms with Crippen LogP contribution in [-0.4, -0.2) is 11.0 Å². The number of hydrogen-bond acceptors (Lipinski definition) is 7. The predicted octanol–water partition coefficient (Wildman–Crippen LogP) is 4.53. The minimum Gasteiger partial charge on any atom is -0.507 e. The van der Waals surface area contributed by atoms with Gasteiger partial charge >= 0.3 is 11.3 Å². The Morgan fingerprint density at radius 1 is 0.865 bits per heavy atom. The number of para-hydroxylation sites is 1. The molecule has 1 unspecified atom stereocenters. The van der Waals surface area contributed by atoms with E-state index in [1.54, 1.807) is 66.7 Å². The second-order valence-electron chi connectivity index (χ2n) is 8.59. The molecule has 0 bridgehead atoms. The van der Waals surface area contributed by atoms with E-state index in [0.29, 0.717) is 33.4 Å². The van der Waals surface area contributed by atoms with Crippen LogP contribution >= 0.6 is 0 Å². The molecule has 37 heavy (non-hydrogen) atoms. The van der Waals surface area contributed by atoms with Gasteiger partial charge in [0, 0.05) is 23.6 Å². The van der Waals surface area contributed by atoms with Gasteiger partial charge in [-0.05, 0) is 48.0 Å². The van der Waals surface area contributed by atoms with Crippen LogP contribution in [0.15, 0.2) is 103 Å². The maximum Gasteiger partial charge on any atom is 0.339 e. The zero-order valence-electron chi connectivity index (χ0n) is 19.3. The van der Waals surface area contributed by atoms with Crippen molar-refractivity contribution < 1.29 is 23.5 Å². The highest BCUT2D eigenvalue weighted by Gasteiger charge is 2.31. The molecule has 0 radical (unpaired) electrons. The Balaban J connectivity index is 1.46. The summed E-state index contributed by atoms with van der Waals surface area (Å²) in [5.74, 6) is 0.305. The summed E-state index contributed by atoms with van der Waals surface area (Å²) in [4.78, 5) is 38.2. The van der Waals surface area contributed by atoms with Gasteiger partial charge in [0.2, 0.25) is 6.23 Å². The molecule has 8 heteroatoms. The van der Waals surface area contributed by atoms with E-state index in [-0.39, 0.29) is 35.0 Å². The summed E-state index contributed by atoms with van der Waals surface area (Å²) in [6.45, 7) is 0. The van der Waals surface area contributed by atoms with E-state index in [1.807, 2.05) is 6.07 Å². The molecule has 182 valence electrons. The molecular formula is C29H19NO7. The summed E-state index contributed by atoms with van der Waals surface area (Å²) in [5, 5.41) is 13.6. The summed E-state index contributed by atoms with van der Waals surface area (Å²) in [7, 11) is 0. The van der Waals surface area contributed by atoms with Crippen LogP contribution in [-0.2, 0) is 6.42 Å². The first kappa shape index (κ1) is 22.4. The fraction of sp³-hybridized carbons (Fsp3) is 0.0690. The van der Waals surface area contributed by atoms with Crippen molar-refractivity contribution in [2.24, 2.45) is 0 Å². The Kier molecular flexibility index (Phi) is 5.34. The number of hydrogen-bond donors (Lipinski definition) is 2. The van der Waals surface area contributed by atoms with Gasteiger partial charge in [0.05, 0.1) is 16.5 Å². The lowest BCUT2D eigenvalue weighted by atomic mass is 9.97. The average Bonchev–Trinajstić information content (AvgIpc) is 2.89. The van der Waals surface area contributed by atoms with Crippen molar-refractivity contribution in [3.8, 4) is 22.8 Å². The molecule has 1 amide bonds. The van der Waals surface area contributed by atoms with E-state index < -0.39 is 17.5 Å². The molecule has 1 aliphatic rings. The van der Waals surface area contributed by atoms with Gasteiger partial charge in [0.15, 0.2) is 5.76 Å². The van der Waals surface area contributed by atoms with Crippen LogP contribution < -0.4 is 21.3 Å². The molecular weight excluding hydrogens is 474 g/mol. The molecule has 2 N–H and O–H groups in total. The van der Waals surface area contributed by atoms with E-state index in [9.17, 15) is 19.5 Å². The number of fused-ring (bicyclic) bond motifs is 4. The quantitative estimate of drug-likeness (QED) is 0.353. The van der Waals surface area contributed by atoms with Crippen molar-refractivity contribution in [3.05, 3.63) is 128 Å². The summed E-state index contributed by atoms with van der Waals surface area (Å²) in [5.41, 5.74) is 1.08. The van der Waals surface area contributed by atoms with Gasteiger partial charge in [-0.15, -0.1) is 0 Å². The molecule has 0 spiro atoms. The number of nitrogens with one attached hydrogen (secondary N) is 1. The van der Waals surface area contributed by atoms with Crippen molar-refractivity contribution in [1.82, 2.24) is 5.32 Å². The first-order chi connectivity index (χ1) is 18.0. The van der Waals surface area contributed by atoms with Gasteiger partial charge in [0.25, 0.3) is 5.91 Å². The van der Waals surface area contributed by atoms with Crippen LogP contribution in [0.3, 0.4) is 0 Å². The number of rotatable bonds is 4. The van der Waals surface area contributed by atoms with Gasteiger partial charge in [-0.2, -0.15) is 0 Å². The molecule has 5 aromatic rings. The maximum absolute atomic E-state index is 13.1. The third-order valence-electron chi connectivity index (χ3n) is 6.21. The fourth-order valence-electron chi connectivity index (χ4n) is 4.53. The second kappa shape index (κ2) is 8.83. The fourth-order valence-corrected chi connectivity index (χ4v) is 4.53. The minimum atomic E-state index is -0.938. The summed E-state index contributed by atoms with van der Waals surface area (Å²) >= 11 is 0. The SMILES string of the molecule is O=C(NC1Oc2ccccc2-c2oc(=O)c(Cc3cc(=O)oc4cccc(O)c34)cc21)c1ccccc1. The standard InChI is InChI=1S/C29H19NO7/c31-21-10-6-12-23-25(21)17(15-24(32)35-23)13-18-14-20-26(37-29(18)34)19-9-4-5-11-22(19)36-28(20)30-27(33)16-7-2-1-3-8-16/h1-12,14-15,28,31H,13H2,(H,30,33). The summed E-state index contributed by atoms with van der Waals surface area (Å²) in [6, 6.07) is 23.2. The molecule has 3 heterocycles. The average molecular weight is 493 g/mol. The first-order valence-corrected chi connectivity index (χ1v) is 11.5. The van der Waals surface area contributed by atoms with Crippen molar-refractivity contribution in [1.29, 1.82) is 0 Å². The van der Waals surface area contributed by atoms with Gasteiger partial charge in [-0.25, -0.2) is 9.59 Å². The molecule has 1 aliphatic heterocycles. The molecule has 3 aromatic carbocycles. The number of benzene rings is 3. The second-order valence-corrected chi connectivity index (χ2v) is 8.59. The largest absolute Gasteiger partial charge is 0.507 e. The van der Waals surface area contributed by atoms with Crippen LogP contribution in [0.1, 0.15) is 33.3 Å². The Hall–Kier alpha value is -5.11. The highest BCUT2D eigenvalue weighted by molar-refractivity contribution is 5.94. The van der Waals surface area contributed by atoms with Crippen molar-refractivity contribution in [2.75, 3.05) is 0 Å².